The van der Waals surface area contributed by atoms with Crippen LogP contribution in [0, 0.1) is 12.7 Å². The van der Waals surface area contributed by atoms with Crippen molar-refractivity contribution in [2.75, 3.05) is 5.75 Å². The summed E-state index contributed by atoms with van der Waals surface area (Å²) in [5.74, 6) is -1.56. The van der Waals surface area contributed by atoms with E-state index >= 15 is 0 Å². The van der Waals surface area contributed by atoms with Gasteiger partial charge >= 0.3 is 6.18 Å². The molecular formula is C20H13F4N3S2. The summed E-state index contributed by atoms with van der Waals surface area (Å²) < 4.78 is 52.3. The van der Waals surface area contributed by atoms with Crippen LogP contribution in [0.15, 0.2) is 53.7 Å². The van der Waals surface area contributed by atoms with Gasteiger partial charge in [0.25, 0.3) is 0 Å². The second-order valence-corrected chi connectivity index (χ2v) is 8.28. The number of aromatic nitrogens is 3. The molecule has 9 heteroatoms. The van der Waals surface area contributed by atoms with E-state index in [4.69, 9.17) is 0 Å². The van der Waals surface area contributed by atoms with E-state index < -0.39 is 17.7 Å². The number of rotatable bonds is 4. The lowest BCUT2D eigenvalue weighted by Crippen LogP contribution is -2.10. The predicted octanol–water partition coefficient (Wildman–Crippen LogP) is 6.52. The third-order valence-electron chi connectivity index (χ3n) is 4.10. The van der Waals surface area contributed by atoms with Gasteiger partial charge in [0.05, 0.1) is 11.4 Å². The third kappa shape index (κ3) is 4.40. The Morgan fingerprint density at radius 3 is 2.66 bits per heavy atom. The Kier molecular flexibility index (Phi) is 5.26. The second-order valence-electron chi connectivity index (χ2n) is 6.28. The molecule has 148 valence electrons. The summed E-state index contributed by atoms with van der Waals surface area (Å²) in [6, 6.07) is 9.72. The molecule has 0 saturated carbocycles. The Bertz CT molecular complexity index is 1170. The van der Waals surface area contributed by atoms with Crippen LogP contribution in [0.2, 0.25) is 0 Å². The van der Waals surface area contributed by atoms with Crippen LogP contribution in [-0.2, 0) is 0 Å². The Hall–Kier alpha value is -2.52. The fraction of sp³-hybridized carbons (Fsp3) is 0.150. The number of hydrogen-bond acceptors (Lipinski definition) is 5. The molecule has 0 saturated heterocycles. The maximum atomic E-state index is 14.6. The highest BCUT2D eigenvalue weighted by atomic mass is 32.2. The summed E-state index contributed by atoms with van der Waals surface area (Å²) >= 11 is 1.99. The van der Waals surface area contributed by atoms with Gasteiger partial charge in [-0.2, -0.15) is 13.2 Å². The van der Waals surface area contributed by atoms with E-state index in [2.05, 4.69) is 15.0 Å². The van der Waals surface area contributed by atoms with Crippen LogP contribution >= 0.6 is 23.1 Å². The number of nitrogens with zero attached hydrogens (tertiary/aromatic N) is 3. The molecule has 0 amide bonds. The first kappa shape index (κ1) is 19.8. The van der Waals surface area contributed by atoms with Crippen LogP contribution in [0.25, 0.3) is 32.2 Å². The van der Waals surface area contributed by atoms with Crippen molar-refractivity contribution in [3.63, 3.8) is 0 Å². The summed E-state index contributed by atoms with van der Waals surface area (Å²) in [6.45, 7) is 1.59. The van der Waals surface area contributed by atoms with Gasteiger partial charge in [0, 0.05) is 28.4 Å². The highest BCUT2D eigenvalue weighted by Gasteiger charge is 2.28. The minimum Gasteiger partial charge on any atom is -0.264 e. The molecule has 4 rings (SSSR count). The first-order valence-corrected chi connectivity index (χ1v) is 10.3. The first-order valence-electron chi connectivity index (χ1n) is 8.48. The van der Waals surface area contributed by atoms with Crippen molar-refractivity contribution in [3.8, 4) is 21.8 Å². The van der Waals surface area contributed by atoms with Gasteiger partial charge in [0.2, 0.25) is 0 Å². The second kappa shape index (κ2) is 7.72. The number of benzene rings is 1. The van der Waals surface area contributed by atoms with Gasteiger partial charge < -0.3 is 0 Å². The summed E-state index contributed by atoms with van der Waals surface area (Å²) in [5, 5.41) is 0.739. The molecule has 1 aromatic carbocycles. The first-order chi connectivity index (χ1) is 13.8. The maximum absolute atomic E-state index is 14.6. The molecule has 29 heavy (non-hydrogen) atoms. The molecule has 0 radical (unpaired) electrons. The van der Waals surface area contributed by atoms with Gasteiger partial charge in [0.1, 0.15) is 21.2 Å². The van der Waals surface area contributed by atoms with Gasteiger partial charge in [-0.05, 0) is 48.9 Å². The van der Waals surface area contributed by atoms with Crippen LogP contribution < -0.4 is 0 Å². The molecule has 3 heterocycles. The molecule has 0 aliphatic heterocycles. The van der Waals surface area contributed by atoms with E-state index in [0.29, 0.717) is 38.3 Å². The third-order valence-corrected chi connectivity index (χ3v) is 6.33. The standard InChI is InChI=1S/C20H13F4N3S2/c1-11-7-14(21)13(8-17(11)28-10-20(22,23)24)15-4-5-16-19(26-15)29-18(27-16)12-3-2-6-25-9-12/h2-9H,10H2,1H3. The molecule has 0 aliphatic carbocycles. The predicted molar refractivity (Wildman–Crippen MR) is 108 cm³/mol. The smallest absolute Gasteiger partial charge is 0.264 e. The van der Waals surface area contributed by atoms with E-state index in [1.54, 1.807) is 31.5 Å². The van der Waals surface area contributed by atoms with Gasteiger partial charge in [-0.25, -0.2) is 14.4 Å². The van der Waals surface area contributed by atoms with Crippen molar-refractivity contribution >= 4 is 33.4 Å². The fourth-order valence-corrected chi connectivity index (χ4v) is 4.48. The number of thioether (sulfide) groups is 1. The van der Waals surface area contributed by atoms with Crippen LogP contribution in [-0.4, -0.2) is 26.9 Å². The molecule has 0 spiro atoms. The van der Waals surface area contributed by atoms with Crippen LogP contribution in [0.1, 0.15) is 5.56 Å². The average Bonchev–Trinajstić information content (AvgIpc) is 3.10. The number of aryl methyl sites for hydroxylation is 1. The largest absolute Gasteiger partial charge is 0.398 e. The maximum Gasteiger partial charge on any atom is 0.398 e. The molecule has 0 aliphatic rings. The van der Waals surface area contributed by atoms with Crippen LogP contribution in [0.4, 0.5) is 17.6 Å². The zero-order valence-corrected chi connectivity index (χ0v) is 16.6. The normalized spacial score (nSPS) is 11.9. The number of halogens is 4. The molecule has 0 fully saturated rings. The summed E-state index contributed by atoms with van der Waals surface area (Å²) in [7, 11) is 0. The van der Waals surface area contributed by atoms with Gasteiger partial charge in [-0.1, -0.05) is 11.3 Å². The Morgan fingerprint density at radius 2 is 1.93 bits per heavy atom. The highest BCUT2D eigenvalue weighted by Crippen LogP contribution is 2.35. The lowest BCUT2D eigenvalue weighted by Gasteiger charge is -2.11. The van der Waals surface area contributed by atoms with Crippen LogP contribution in [0.5, 0.6) is 0 Å². The summed E-state index contributed by atoms with van der Waals surface area (Å²) in [4.78, 5) is 14.1. The minimum atomic E-state index is -4.30. The molecule has 0 bridgehead atoms. The van der Waals surface area contributed by atoms with Crippen molar-refractivity contribution in [2.45, 2.75) is 18.0 Å². The van der Waals surface area contributed by atoms with E-state index in [9.17, 15) is 17.6 Å². The molecule has 0 atom stereocenters. The Balaban J connectivity index is 1.72. The summed E-state index contributed by atoms with van der Waals surface area (Å²) in [5.41, 5.74) is 2.49. The van der Waals surface area contributed by atoms with Crippen molar-refractivity contribution in [1.29, 1.82) is 0 Å². The molecule has 0 N–H and O–H groups in total. The number of hydrogen-bond donors (Lipinski definition) is 0. The Morgan fingerprint density at radius 1 is 1.10 bits per heavy atom. The summed E-state index contributed by atoms with van der Waals surface area (Å²) in [6.07, 6.45) is -0.932. The lowest BCUT2D eigenvalue weighted by atomic mass is 10.1. The highest BCUT2D eigenvalue weighted by molar-refractivity contribution is 7.99. The van der Waals surface area contributed by atoms with Crippen molar-refractivity contribution in [1.82, 2.24) is 15.0 Å². The fourth-order valence-electron chi connectivity index (χ4n) is 2.74. The minimum absolute atomic E-state index is 0.165. The van der Waals surface area contributed by atoms with Crippen molar-refractivity contribution in [3.05, 3.63) is 60.2 Å². The number of thiazole rings is 1. The van der Waals surface area contributed by atoms with E-state index in [0.717, 1.165) is 10.6 Å². The van der Waals surface area contributed by atoms with E-state index in [1.807, 2.05) is 12.1 Å². The lowest BCUT2D eigenvalue weighted by molar-refractivity contribution is -0.105. The monoisotopic (exact) mass is 435 g/mol. The van der Waals surface area contributed by atoms with Gasteiger partial charge in [-0.3, -0.25) is 4.98 Å². The van der Waals surface area contributed by atoms with Crippen molar-refractivity contribution in [2.24, 2.45) is 0 Å². The SMILES string of the molecule is Cc1cc(F)c(-c2ccc3nc(-c4cccnc4)sc3n2)cc1SCC(F)(F)F. The van der Waals surface area contributed by atoms with E-state index in [-0.39, 0.29) is 5.56 Å². The molecule has 3 nitrogen and oxygen atoms in total. The Labute approximate surface area is 171 Å². The molecule has 0 unspecified atom stereocenters. The molecule has 3 aromatic heterocycles. The number of pyridine rings is 2. The van der Waals surface area contributed by atoms with Crippen LogP contribution in [0.3, 0.4) is 0 Å². The number of alkyl halides is 3. The van der Waals surface area contributed by atoms with Gasteiger partial charge in [-0.15, -0.1) is 11.8 Å². The molecule has 4 aromatic rings. The zero-order chi connectivity index (χ0) is 20.6. The van der Waals surface area contributed by atoms with Crippen molar-refractivity contribution < 1.29 is 17.6 Å². The van der Waals surface area contributed by atoms with Gasteiger partial charge in [0.15, 0.2) is 0 Å². The quantitative estimate of drug-likeness (QED) is 0.270. The average molecular weight is 435 g/mol. The molecular weight excluding hydrogens is 422 g/mol. The topological polar surface area (TPSA) is 38.7 Å². The zero-order valence-electron chi connectivity index (χ0n) is 15.0. The van der Waals surface area contributed by atoms with E-state index in [1.165, 1.54) is 23.5 Å². The number of fused-ring (bicyclic) bond motifs is 1.